The molecule has 4 heteroatoms. The van der Waals surface area contributed by atoms with Gasteiger partial charge in [0.05, 0.1) is 4.21 Å². The van der Waals surface area contributed by atoms with E-state index in [1.165, 1.54) is 11.3 Å². The second-order valence-electron chi connectivity index (χ2n) is 3.84. The minimum Gasteiger partial charge on any atom is -0.457 e. The summed E-state index contributed by atoms with van der Waals surface area (Å²) in [6.45, 7) is 3.99. The number of benzene rings is 1. The lowest BCUT2D eigenvalue weighted by Crippen LogP contribution is -2.02. The lowest BCUT2D eigenvalue weighted by molar-refractivity contribution is 0.0478. The van der Waals surface area contributed by atoms with Gasteiger partial charge in [0.25, 0.3) is 0 Å². The Hall–Kier alpha value is -1.52. The fourth-order valence-corrected chi connectivity index (χ4v) is 2.95. The van der Waals surface area contributed by atoms with Crippen LogP contribution in [0.3, 0.4) is 0 Å². The summed E-state index contributed by atoms with van der Waals surface area (Å²) in [4.78, 5) is 12.5. The molecule has 0 aliphatic carbocycles. The molecule has 19 heavy (non-hydrogen) atoms. The first kappa shape index (κ1) is 13.9. The lowest BCUT2D eigenvalue weighted by atomic mass is 10.1. The van der Waals surface area contributed by atoms with Crippen molar-refractivity contribution in [3.8, 4) is 0 Å². The zero-order chi connectivity index (χ0) is 13.7. The SMILES string of the molecule is C=Cc1ccc(COC(=O)c2ccc(SC)s2)cc1. The molecule has 2 nitrogen and oxygen atoms in total. The Morgan fingerprint density at radius 2 is 2.05 bits per heavy atom. The van der Waals surface area contributed by atoms with E-state index < -0.39 is 0 Å². The molecule has 1 aromatic carbocycles. The zero-order valence-corrected chi connectivity index (χ0v) is 12.2. The first-order valence-electron chi connectivity index (χ1n) is 5.75. The number of carbonyl (C=O) groups is 1. The highest BCUT2D eigenvalue weighted by Crippen LogP contribution is 2.25. The van der Waals surface area contributed by atoms with Crippen molar-refractivity contribution < 1.29 is 9.53 Å². The van der Waals surface area contributed by atoms with Gasteiger partial charge in [-0.25, -0.2) is 4.79 Å². The van der Waals surface area contributed by atoms with E-state index in [2.05, 4.69) is 6.58 Å². The van der Waals surface area contributed by atoms with Crippen molar-refractivity contribution in [1.29, 1.82) is 0 Å². The van der Waals surface area contributed by atoms with Gasteiger partial charge in [-0.05, 0) is 29.5 Å². The Labute approximate surface area is 121 Å². The van der Waals surface area contributed by atoms with Crippen molar-refractivity contribution in [3.63, 3.8) is 0 Å². The molecule has 0 saturated heterocycles. The molecule has 0 aliphatic rings. The maximum absolute atomic E-state index is 11.8. The average molecular weight is 290 g/mol. The minimum atomic E-state index is -0.266. The Morgan fingerprint density at radius 1 is 1.32 bits per heavy atom. The molecule has 0 N–H and O–H groups in total. The van der Waals surface area contributed by atoms with Crippen molar-refractivity contribution in [1.82, 2.24) is 0 Å². The smallest absolute Gasteiger partial charge is 0.348 e. The largest absolute Gasteiger partial charge is 0.457 e. The number of hydrogen-bond donors (Lipinski definition) is 0. The van der Waals surface area contributed by atoms with Crippen LogP contribution >= 0.6 is 23.1 Å². The summed E-state index contributed by atoms with van der Waals surface area (Å²) in [6, 6.07) is 11.5. The summed E-state index contributed by atoms with van der Waals surface area (Å²) in [5, 5.41) is 0. The Bertz CT molecular complexity index is 570. The number of ether oxygens (including phenoxy) is 1. The summed E-state index contributed by atoms with van der Waals surface area (Å²) in [6.07, 6.45) is 3.77. The van der Waals surface area contributed by atoms with Crippen LogP contribution in [0.2, 0.25) is 0 Å². The number of carbonyl (C=O) groups excluding carboxylic acids is 1. The molecular weight excluding hydrogens is 276 g/mol. The highest BCUT2D eigenvalue weighted by molar-refractivity contribution is 8.00. The van der Waals surface area contributed by atoms with Gasteiger partial charge in [0.15, 0.2) is 0 Å². The molecule has 0 unspecified atom stereocenters. The monoisotopic (exact) mass is 290 g/mol. The van der Waals surface area contributed by atoms with Crippen LogP contribution in [0.1, 0.15) is 20.8 Å². The van der Waals surface area contributed by atoms with Crippen molar-refractivity contribution in [2.24, 2.45) is 0 Å². The predicted molar refractivity (Wildman–Crippen MR) is 81.8 cm³/mol. The maximum Gasteiger partial charge on any atom is 0.348 e. The third-order valence-corrected chi connectivity index (χ3v) is 4.72. The highest BCUT2D eigenvalue weighted by atomic mass is 32.2. The Kier molecular flexibility index (Phi) is 4.82. The van der Waals surface area contributed by atoms with Crippen LogP contribution in [0, 0.1) is 0 Å². The molecule has 1 heterocycles. The van der Waals surface area contributed by atoms with Crippen LogP contribution < -0.4 is 0 Å². The van der Waals surface area contributed by atoms with Gasteiger partial charge in [-0.15, -0.1) is 23.1 Å². The first-order valence-corrected chi connectivity index (χ1v) is 7.79. The van der Waals surface area contributed by atoms with Gasteiger partial charge in [-0.3, -0.25) is 0 Å². The first-order chi connectivity index (χ1) is 9.22. The quantitative estimate of drug-likeness (QED) is 0.600. The zero-order valence-electron chi connectivity index (χ0n) is 10.6. The van der Waals surface area contributed by atoms with Crippen molar-refractivity contribution >= 4 is 35.1 Å². The molecule has 0 atom stereocenters. The van der Waals surface area contributed by atoms with Crippen LogP contribution in [0.15, 0.2) is 47.2 Å². The summed E-state index contributed by atoms with van der Waals surface area (Å²) in [7, 11) is 0. The Morgan fingerprint density at radius 3 is 2.63 bits per heavy atom. The van der Waals surface area contributed by atoms with Gasteiger partial charge >= 0.3 is 5.97 Å². The normalized spacial score (nSPS) is 10.2. The van der Waals surface area contributed by atoms with E-state index in [1.807, 2.05) is 36.6 Å². The molecule has 98 valence electrons. The van der Waals surface area contributed by atoms with E-state index in [4.69, 9.17) is 4.74 Å². The Balaban J connectivity index is 1.93. The number of rotatable bonds is 5. The number of thiophene rings is 1. The standard InChI is InChI=1S/C15H14O2S2/c1-3-11-4-6-12(7-5-11)10-17-15(16)13-8-9-14(18-2)19-13/h3-9H,1,10H2,2H3. The molecule has 2 rings (SSSR count). The lowest BCUT2D eigenvalue weighted by Gasteiger charge is -2.03. The maximum atomic E-state index is 11.8. The highest BCUT2D eigenvalue weighted by Gasteiger charge is 2.10. The van der Waals surface area contributed by atoms with Crippen LogP contribution in [-0.4, -0.2) is 12.2 Å². The van der Waals surface area contributed by atoms with Gasteiger partial charge in [-0.2, -0.15) is 0 Å². The molecule has 1 aromatic heterocycles. The molecule has 0 fully saturated rings. The molecule has 0 spiro atoms. The van der Waals surface area contributed by atoms with Crippen molar-refractivity contribution in [3.05, 3.63) is 59.0 Å². The van der Waals surface area contributed by atoms with Crippen molar-refractivity contribution in [2.45, 2.75) is 10.8 Å². The fraction of sp³-hybridized carbons (Fsp3) is 0.133. The van der Waals surface area contributed by atoms with Gasteiger partial charge in [-0.1, -0.05) is 36.9 Å². The summed E-state index contributed by atoms with van der Waals surface area (Å²) >= 11 is 3.08. The van der Waals surface area contributed by atoms with E-state index >= 15 is 0 Å². The average Bonchev–Trinajstić information content (AvgIpc) is 2.94. The second-order valence-corrected chi connectivity index (χ2v) is 6.03. The predicted octanol–water partition coefficient (Wildman–Crippen LogP) is 4.47. The summed E-state index contributed by atoms with van der Waals surface area (Å²) < 4.78 is 6.40. The molecule has 0 bridgehead atoms. The third-order valence-electron chi connectivity index (χ3n) is 2.57. The fourth-order valence-electron chi connectivity index (χ4n) is 1.51. The topological polar surface area (TPSA) is 26.3 Å². The van der Waals surface area contributed by atoms with Gasteiger partial charge in [0.2, 0.25) is 0 Å². The van der Waals surface area contributed by atoms with Crippen LogP contribution in [0.5, 0.6) is 0 Å². The van der Waals surface area contributed by atoms with E-state index in [-0.39, 0.29) is 5.97 Å². The number of esters is 1. The molecule has 2 aromatic rings. The summed E-state index contributed by atoms with van der Waals surface area (Å²) in [5.41, 5.74) is 2.03. The van der Waals surface area contributed by atoms with Crippen LogP contribution in [-0.2, 0) is 11.3 Å². The van der Waals surface area contributed by atoms with Crippen molar-refractivity contribution in [2.75, 3.05) is 6.26 Å². The number of hydrogen-bond acceptors (Lipinski definition) is 4. The molecule has 0 aliphatic heterocycles. The van der Waals surface area contributed by atoms with E-state index in [0.717, 1.165) is 15.3 Å². The molecular formula is C15H14O2S2. The van der Waals surface area contributed by atoms with E-state index in [1.54, 1.807) is 23.9 Å². The second kappa shape index (κ2) is 6.59. The van der Waals surface area contributed by atoms with Gasteiger partial charge in [0, 0.05) is 0 Å². The molecule has 0 amide bonds. The van der Waals surface area contributed by atoms with E-state index in [9.17, 15) is 4.79 Å². The molecule has 0 saturated carbocycles. The minimum absolute atomic E-state index is 0.266. The third kappa shape index (κ3) is 3.72. The van der Waals surface area contributed by atoms with E-state index in [0.29, 0.717) is 11.5 Å². The van der Waals surface area contributed by atoms with Crippen LogP contribution in [0.25, 0.3) is 6.08 Å². The van der Waals surface area contributed by atoms with Gasteiger partial charge in [0.1, 0.15) is 11.5 Å². The number of thioether (sulfide) groups is 1. The van der Waals surface area contributed by atoms with Crippen LogP contribution in [0.4, 0.5) is 0 Å². The summed E-state index contributed by atoms with van der Waals surface area (Å²) in [5.74, 6) is -0.266. The molecule has 0 radical (unpaired) electrons. The van der Waals surface area contributed by atoms with Gasteiger partial charge < -0.3 is 4.74 Å².